The lowest BCUT2D eigenvalue weighted by atomic mass is 9.97. The van der Waals surface area contributed by atoms with Gasteiger partial charge in [0.15, 0.2) is 5.89 Å². The van der Waals surface area contributed by atoms with Gasteiger partial charge in [-0.1, -0.05) is 12.1 Å². The summed E-state index contributed by atoms with van der Waals surface area (Å²) in [5.41, 5.74) is 1.28. The zero-order valence-electron chi connectivity index (χ0n) is 16.2. The fraction of sp³-hybridized carbons (Fsp3) is 0.318. The Kier molecular flexibility index (Phi) is 5.55. The first kappa shape index (κ1) is 19.1. The monoisotopic (exact) mass is 395 g/mol. The topological polar surface area (TPSA) is 68.5 Å². The molecule has 7 heteroatoms. The predicted molar refractivity (Wildman–Crippen MR) is 104 cm³/mol. The van der Waals surface area contributed by atoms with Crippen LogP contribution in [0.25, 0.3) is 0 Å². The van der Waals surface area contributed by atoms with E-state index >= 15 is 0 Å². The maximum atomic E-state index is 13.4. The average molecular weight is 395 g/mol. The summed E-state index contributed by atoms with van der Waals surface area (Å²) in [6, 6.07) is 9.89. The fourth-order valence-corrected chi connectivity index (χ4v) is 3.69. The minimum atomic E-state index is -0.269. The van der Waals surface area contributed by atoms with Crippen LogP contribution in [-0.4, -0.2) is 41.0 Å². The number of carbonyl (C=O) groups is 1. The summed E-state index contributed by atoms with van der Waals surface area (Å²) in [7, 11) is 1.50. The molecule has 2 aromatic heterocycles. The zero-order chi connectivity index (χ0) is 20.2. The Labute approximate surface area is 168 Å². The zero-order valence-corrected chi connectivity index (χ0v) is 16.2. The molecule has 4 rings (SSSR count). The highest BCUT2D eigenvalue weighted by atomic mass is 19.1. The second-order valence-corrected chi connectivity index (χ2v) is 7.12. The van der Waals surface area contributed by atoms with Gasteiger partial charge >= 0.3 is 0 Å². The van der Waals surface area contributed by atoms with Crippen LogP contribution in [0.3, 0.4) is 0 Å². The third kappa shape index (κ3) is 4.29. The molecule has 1 fully saturated rings. The first-order chi connectivity index (χ1) is 14.1. The Morgan fingerprint density at radius 2 is 2.21 bits per heavy atom. The number of rotatable bonds is 5. The largest absolute Gasteiger partial charge is 0.480 e. The van der Waals surface area contributed by atoms with Gasteiger partial charge in [0.2, 0.25) is 5.88 Å². The SMILES string of the molecule is COc1ncccc1C(=O)N1CCC[C@@H](c2ncc(Cc3cccc(F)c3)o2)C1. The Morgan fingerprint density at radius 3 is 3.03 bits per heavy atom. The predicted octanol–water partition coefficient (Wildman–Crippen LogP) is 3.83. The number of aromatic nitrogens is 2. The second-order valence-electron chi connectivity index (χ2n) is 7.12. The van der Waals surface area contributed by atoms with Crippen LogP contribution in [0.1, 0.15) is 46.3 Å². The molecule has 29 heavy (non-hydrogen) atoms. The lowest BCUT2D eigenvalue weighted by molar-refractivity contribution is 0.0693. The molecule has 0 spiro atoms. The van der Waals surface area contributed by atoms with Crippen molar-refractivity contribution in [3.8, 4) is 5.88 Å². The summed E-state index contributed by atoms with van der Waals surface area (Å²) in [5.74, 6) is 1.28. The van der Waals surface area contributed by atoms with E-state index in [0.29, 0.717) is 42.6 Å². The van der Waals surface area contributed by atoms with Crippen molar-refractivity contribution in [2.45, 2.75) is 25.2 Å². The number of carbonyl (C=O) groups excluding carboxylic acids is 1. The molecule has 150 valence electrons. The minimum absolute atomic E-state index is 0.0247. The summed E-state index contributed by atoms with van der Waals surface area (Å²) in [6.07, 6.45) is 5.52. The maximum absolute atomic E-state index is 13.4. The molecule has 0 N–H and O–H groups in total. The van der Waals surface area contributed by atoms with E-state index < -0.39 is 0 Å². The third-order valence-corrected chi connectivity index (χ3v) is 5.09. The van der Waals surface area contributed by atoms with Crippen LogP contribution in [0.4, 0.5) is 4.39 Å². The van der Waals surface area contributed by atoms with E-state index in [2.05, 4.69) is 9.97 Å². The summed E-state index contributed by atoms with van der Waals surface area (Å²) in [5, 5.41) is 0. The molecule has 1 saturated heterocycles. The molecule has 3 heterocycles. The van der Waals surface area contributed by atoms with Gasteiger partial charge in [-0.25, -0.2) is 14.4 Å². The molecule has 0 aliphatic carbocycles. The Hall–Kier alpha value is -3.22. The number of likely N-dealkylation sites (tertiary alicyclic amines) is 1. The smallest absolute Gasteiger partial charge is 0.259 e. The summed E-state index contributed by atoms with van der Waals surface area (Å²) < 4.78 is 24.5. The molecule has 1 aromatic carbocycles. The van der Waals surface area contributed by atoms with E-state index in [1.54, 1.807) is 35.5 Å². The Balaban J connectivity index is 1.46. The number of amides is 1. The van der Waals surface area contributed by atoms with Gasteiger partial charge in [0.1, 0.15) is 17.1 Å². The number of pyridine rings is 1. The molecule has 1 amide bonds. The van der Waals surface area contributed by atoms with Gasteiger partial charge in [0, 0.05) is 25.7 Å². The van der Waals surface area contributed by atoms with Gasteiger partial charge in [-0.15, -0.1) is 0 Å². The molecular formula is C22H22FN3O3. The van der Waals surface area contributed by atoms with Crippen molar-refractivity contribution in [1.29, 1.82) is 0 Å². The molecule has 1 atom stereocenters. The molecule has 0 saturated carbocycles. The lowest BCUT2D eigenvalue weighted by Crippen LogP contribution is -2.39. The van der Waals surface area contributed by atoms with Crippen molar-refractivity contribution >= 4 is 5.91 Å². The highest BCUT2D eigenvalue weighted by Crippen LogP contribution is 2.29. The van der Waals surface area contributed by atoms with Crippen LogP contribution in [0.2, 0.25) is 0 Å². The van der Waals surface area contributed by atoms with Crippen LogP contribution < -0.4 is 4.74 Å². The van der Waals surface area contributed by atoms with Crippen LogP contribution in [0.5, 0.6) is 5.88 Å². The number of benzene rings is 1. The summed E-state index contributed by atoms with van der Waals surface area (Å²) in [6.45, 7) is 1.20. The van der Waals surface area contributed by atoms with E-state index in [1.807, 2.05) is 6.07 Å². The van der Waals surface area contributed by atoms with Gasteiger partial charge in [-0.3, -0.25) is 4.79 Å². The summed E-state index contributed by atoms with van der Waals surface area (Å²) in [4.78, 5) is 23.3. The number of hydrogen-bond acceptors (Lipinski definition) is 5. The van der Waals surface area contributed by atoms with Crippen molar-refractivity contribution in [2.75, 3.05) is 20.2 Å². The number of hydrogen-bond donors (Lipinski definition) is 0. The fourth-order valence-electron chi connectivity index (χ4n) is 3.69. The van der Waals surface area contributed by atoms with Crippen LogP contribution in [0.15, 0.2) is 53.2 Å². The van der Waals surface area contributed by atoms with Crippen molar-refractivity contribution in [3.63, 3.8) is 0 Å². The first-order valence-corrected chi connectivity index (χ1v) is 9.61. The van der Waals surface area contributed by atoms with Gasteiger partial charge in [0.05, 0.1) is 19.2 Å². The van der Waals surface area contributed by atoms with Gasteiger partial charge in [0.25, 0.3) is 5.91 Å². The summed E-state index contributed by atoms with van der Waals surface area (Å²) >= 11 is 0. The highest BCUT2D eigenvalue weighted by Gasteiger charge is 2.29. The second kappa shape index (κ2) is 8.43. The van der Waals surface area contributed by atoms with E-state index in [0.717, 1.165) is 18.4 Å². The first-order valence-electron chi connectivity index (χ1n) is 9.61. The third-order valence-electron chi connectivity index (χ3n) is 5.09. The number of nitrogens with zero attached hydrogens (tertiary/aromatic N) is 3. The van der Waals surface area contributed by atoms with Crippen LogP contribution >= 0.6 is 0 Å². The van der Waals surface area contributed by atoms with E-state index in [-0.39, 0.29) is 17.6 Å². The van der Waals surface area contributed by atoms with Crippen molar-refractivity contribution in [1.82, 2.24) is 14.9 Å². The lowest BCUT2D eigenvalue weighted by Gasteiger charge is -2.31. The average Bonchev–Trinajstić information content (AvgIpc) is 3.22. The quantitative estimate of drug-likeness (QED) is 0.657. The van der Waals surface area contributed by atoms with Crippen molar-refractivity contribution < 1.29 is 18.3 Å². The highest BCUT2D eigenvalue weighted by molar-refractivity contribution is 5.96. The van der Waals surface area contributed by atoms with E-state index in [9.17, 15) is 9.18 Å². The van der Waals surface area contributed by atoms with E-state index in [4.69, 9.17) is 9.15 Å². The van der Waals surface area contributed by atoms with Crippen LogP contribution in [0, 0.1) is 5.82 Å². The molecule has 3 aromatic rings. The number of halogens is 1. The molecule has 0 unspecified atom stereocenters. The van der Waals surface area contributed by atoms with Crippen LogP contribution in [-0.2, 0) is 6.42 Å². The molecular weight excluding hydrogens is 373 g/mol. The van der Waals surface area contributed by atoms with E-state index in [1.165, 1.54) is 19.2 Å². The Morgan fingerprint density at radius 1 is 1.31 bits per heavy atom. The number of ether oxygens (including phenoxy) is 1. The standard InChI is InChI=1S/C22H22FN3O3/c1-28-21-19(8-3-9-24-21)22(27)26-10-4-6-16(14-26)20-25-13-18(29-20)12-15-5-2-7-17(23)11-15/h2-3,5,7-9,11,13,16H,4,6,10,12,14H2,1H3/t16-/m1/s1. The van der Waals surface area contributed by atoms with Gasteiger partial charge < -0.3 is 14.1 Å². The Bertz CT molecular complexity index is 1000. The van der Waals surface area contributed by atoms with Gasteiger partial charge in [-0.2, -0.15) is 0 Å². The molecule has 0 bridgehead atoms. The molecule has 0 radical (unpaired) electrons. The maximum Gasteiger partial charge on any atom is 0.259 e. The van der Waals surface area contributed by atoms with Gasteiger partial charge in [-0.05, 0) is 42.7 Å². The van der Waals surface area contributed by atoms with Crippen molar-refractivity contribution in [2.24, 2.45) is 0 Å². The van der Waals surface area contributed by atoms with Crippen molar-refractivity contribution in [3.05, 3.63) is 77.4 Å². The number of methoxy groups -OCH3 is 1. The minimum Gasteiger partial charge on any atom is -0.480 e. The molecule has 1 aliphatic heterocycles. The number of oxazole rings is 1. The number of piperidine rings is 1. The molecule has 6 nitrogen and oxygen atoms in total. The molecule has 1 aliphatic rings. The normalized spacial score (nSPS) is 16.6.